The van der Waals surface area contributed by atoms with Gasteiger partial charge in [-0.05, 0) is 19.9 Å². The highest BCUT2D eigenvalue weighted by atomic mass is 32.1. The molecular weight excluding hydrogens is 264 g/mol. The number of nitro groups is 1. The van der Waals surface area contributed by atoms with Gasteiger partial charge < -0.3 is 0 Å². The molecule has 1 aromatic heterocycles. The van der Waals surface area contributed by atoms with Gasteiger partial charge in [-0.1, -0.05) is 12.1 Å². The number of hydrogen-bond donors (Lipinski definition) is 1. The zero-order valence-corrected chi connectivity index (χ0v) is 11.3. The Kier molecular flexibility index (Phi) is 3.86. The maximum atomic E-state index is 10.8. The molecule has 0 saturated carbocycles. The minimum Gasteiger partial charge on any atom is -0.258 e. The van der Waals surface area contributed by atoms with Gasteiger partial charge in [-0.3, -0.25) is 15.5 Å². The molecule has 2 rings (SSSR count). The lowest BCUT2D eigenvalue weighted by molar-refractivity contribution is -0.385. The van der Waals surface area contributed by atoms with Crippen molar-refractivity contribution in [2.75, 3.05) is 5.43 Å². The van der Waals surface area contributed by atoms with Gasteiger partial charge in [0.05, 0.1) is 22.4 Å². The minimum absolute atomic E-state index is 0.0274. The van der Waals surface area contributed by atoms with Crippen LogP contribution in [0.5, 0.6) is 0 Å². The lowest BCUT2D eigenvalue weighted by Crippen LogP contribution is -1.95. The van der Waals surface area contributed by atoms with Crippen molar-refractivity contribution in [1.29, 1.82) is 0 Å². The van der Waals surface area contributed by atoms with Gasteiger partial charge in [0.15, 0.2) is 0 Å². The summed E-state index contributed by atoms with van der Waals surface area (Å²) in [5, 5.41) is 15.5. The number of nitrogens with zero attached hydrogens (tertiary/aromatic N) is 3. The van der Waals surface area contributed by atoms with Crippen LogP contribution in [0.25, 0.3) is 0 Å². The SMILES string of the molecule is Cc1nc(N/N=C\c2ccccc2[N+](=O)[O-])sc1C. The Bertz CT molecular complexity index is 617. The molecule has 6 nitrogen and oxygen atoms in total. The molecule has 19 heavy (non-hydrogen) atoms. The third-order valence-corrected chi connectivity index (χ3v) is 3.50. The van der Waals surface area contributed by atoms with Crippen molar-refractivity contribution in [3.63, 3.8) is 0 Å². The van der Waals surface area contributed by atoms with Crippen LogP contribution >= 0.6 is 11.3 Å². The summed E-state index contributed by atoms with van der Waals surface area (Å²) >= 11 is 1.49. The van der Waals surface area contributed by atoms with Gasteiger partial charge >= 0.3 is 0 Å². The molecule has 7 heteroatoms. The summed E-state index contributed by atoms with van der Waals surface area (Å²) in [6, 6.07) is 6.43. The van der Waals surface area contributed by atoms with Crippen LogP contribution < -0.4 is 5.43 Å². The molecule has 0 fully saturated rings. The molecule has 0 saturated heterocycles. The van der Waals surface area contributed by atoms with Gasteiger partial charge in [-0.15, -0.1) is 11.3 Å². The van der Waals surface area contributed by atoms with E-state index in [1.165, 1.54) is 23.6 Å². The number of hydrazone groups is 1. The third kappa shape index (κ3) is 3.14. The Morgan fingerprint density at radius 3 is 2.79 bits per heavy atom. The number of anilines is 1. The Morgan fingerprint density at radius 2 is 2.16 bits per heavy atom. The van der Waals surface area contributed by atoms with Crippen molar-refractivity contribution >= 4 is 28.4 Å². The van der Waals surface area contributed by atoms with Gasteiger partial charge in [0.1, 0.15) is 0 Å². The van der Waals surface area contributed by atoms with Crippen LogP contribution in [-0.4, -0.2) is 16.1 Å². The number of nitrogens with one attached hydrogen (secondary N) is 1. The monoisotopic (exact) mass is 276 g/mol. The number of benzene rings is 1. The van der Waals surface area contributed by atoms with Crippen molar-refractivity contribution in [3.8, 4) is 0 Å². The van der Waals surface area contributed by atoms with E-state index in [1.54, 1.807) is 18.2 Å². The second-order valence-electron chi connectivity index (χ2n) is 3.85. The normalized spacial score (nSPS) is 10.8. The number of hydrogen-bond acceptors (Lipinski definition) is 6. The van der Waals surface area contributed by atoms with Crippen LogP contribution in [0.4, 0.5) is 10.8 Å². The lowest BCUT2D eigenvalue weighted by atomic mass is 10.2. The minimum atomic E-state index is -0.432. The molecule has 0 bridgehead atoms. The smallest absolute Gasteiger partial charge is 0.258 e. The Morgan fingerprint density at radius 1 is 1.42 bits per heavy atom. The zero-order chi connectivity index (χ0) is 13.8. The number of para-hydroxylation sites is 1. The first-order valence-corrected chi connectivity index (χ1v) is 6.36. The van der Waals surface area contributed by atoms with Crippen molar-refractivity contribution in [1.82, 2.24) is 4.98 Å². The first-order valence-electron chi connectivity index (χ1n) is 5.54. The molecule has 1 N–H and O–H groups in total. The van der Waals surface area contributed by atoms with Crippen LogP contribution in [0.1, 0.15) is 16.1 Å². The summed E-state index contributed by atoms with van der Waals surface area (Å²) in [6.07, 6.45) is 1.42. The van der Waals surface area contributed by atoms with Crippen LogP contribution in [0, 0.1) is 24.0 Å². The van der Waals surface area contributed by atoms with E-state index in [0.717, 1.165) is 10.6 Å². The second-order valence-corrected chi connectivity index (χ2v) is 5.05. The van der Waals surface area contributed by atoms with Gasteiger partial charge in [-0.2, -0.15) is 5.10 Å². The average molecular weight is 276 g/mol. The summed E-state index contributed by atoms with van der Waals surface area (Å²) in [6.45, 7) is 3.90. The summed E-state index contributed by atoms with van der Waals surface area (Å²) in [5.74, 6) is 0. The first kappa shape index (κ1) is 13.2. The average Bonchev–Trinajstić information content (AvgIpc) is 2.69. The third-order valence-electron chi connectivity index (χ3n) is 2.53. The lowest BCUT2D eigenvalue weighted by Gasteiger charge is -1.96. The Labute approximate surface area is 114 Å². The fraction of sp³-hybridized carbons (Fsp3) is 0.167. The maximum Gasteiger partial charge on any atom is 0.278 e. The van der Waals surface area contributed by atoms with Crippen molar-refractivity contribution in [2.45, 2.75) is 13.8 Å². The molecule has 0 radical (unpaired) electrons. The summed E-state index contributed by atoms with van der Waals surface area (Å²) in [7, 11) is 0. The Hall–Kier alpha value is -2.28. The molecule has 0 atom stereocenters. The summed E-state index contributed by atoms with van der Waals surface area (Å²) < 4.78 is 0. The second kappa shape index (κ2) is 5.57. The molecule has 0 aliphatic rings. The zero-order valence-electron chi connectivity index (χ0n) is 10.5. The predicted octanol–water partition coefficient (Wildman–Crippen LogP) is 3.11. The molecule has 0 spiro atoms. The van der Waals surface area contributed by atoms with Crippen LogP contribution in [0.3, 0.4) is 0 Å². The standard InChI is InChI=1S/C12H12N4O2S/c1-8-9(2)19-12(14-8)15-13-7-10-5-3-4-6-11(10)16(17)18/h3-7H,1-2H3,(H,14,15)/b13-7-. The highest BCUT2D eigenvalue weighted by molar-refractivity contribution is 7.15. The molecule has 0 amide bonds. The highest BCUT2D eigenvalue weighted by Gasteiger charge is 2.09. The number of nitro benzene ring substituents is 1. The molecular formula is C12H12N4O2S. The molecule has 0 unspecified atom stereocenters. The molecule has 0 aliphatic heterocycles. The fourth-order valence-electron chi connectivity index (χ4n) is 1.44. The largest absolute Gasteiger partial charge is 0.278 e. The fourth-order valence-corrected chi connectivity index (χ4v) is 2.20. The number of thiazole rings is 1. The van der Waals surface area contributed by atoms with Crippen molar-refractivity contribution in [2.24, 2.45) is 5.10 Å². The van der Waals surface area contributed by atoms with Gasteiger partial charge in [-0.25, -0.2) is 4.98 Å². The van der Waals surface area contributed by atoms with Crippen molar-refractivity contribution < 1.29 is 4.92 Å². The Balaban J connectivity index is 2.13. The van der Waals surface area contributed by atoms with E-state index in [4.69, 9.17) is 0 Å². The quantitative estimate of drug-likeness (QED) is 0.528. The van der Waals surface area contributed by atoms with Crippen LogP contribution in [-0.2, 0) is 0 Å². The number of aromatic nitrogens is 1. The van der Waals surface area contributed by atoms with Crippen LogP contribution in [0.15, 0.2) is 29.4 Å². The van der Waals surface area contributed by atoms with E-state index in [1.807, 2.05) is 13.8 Å². The molecule has 1 heterocycles. The molecule has 2 aromatic rings. The predicted molar refractivity (Wildman–Crippen MR) is 75.9 cm³/mol. The van der Waals surface area contributed by atoms with Gasteiger partial charge in [0.2, 0.25) is 5.13 Å². The summed E-state index contributed by atoms with van der Waals surface area (Å²) in [4.78, 5) is 15.8. The van der Waals surface area contributed by atoms with E-state index in [-0.39, 0.29) is 5.69 Å². The van der Waals surface area contributed by atoms with E-state index in [2.05, 4.69) is 15.5 Å². The van der Waals surface area contributed by atoms with Gasteiger partial charge in [0, 0.05) is 10.9 Å². The van der Waals surface area contributed by atoms with E-state index >= 15 is 0 Å². The number of aryl methyl sites for hydroxylation is 2. The summed E-state index contributed by atoms with van der Waals surface area (Å²) in [5.41, 5.74) is 4.20. The topological polar surface area (TPSA) is 80.4 Å². The van der Waals surface area contributed by atoms with Crippen LogP contribution in [0.2, 0.25) is 0 Å². The van der Waals surface area contributed by atoms with E-state index < -0.39 is 4.92 Å². The molecule has 98 valence electrons. The first-order chi connectivity index (χ1) is 9.08. The van der Waals surface area contributed by atoms with Gasteiger partial charge in [0.25, 0.3) is 5.69 Å². The maximum absolute atomic E-state index is 10.8. The van der Waals surface area contributed by atoms with E-state index in [9.17, 15) is 10.1 Å². The van der Waals surface area contributed by atoms with Crippen molar-refractivity contribution in [3.05, 3.63) is 50.5 Å². The van der Waals surface area contributed by atoms with E-state index in [0.29, 0.717) is 10.7 Å². The highest BCUT2D eigenvalue weighted by Crippen LogP contribution is 2.21. The number of rotatable bonds is 4. The molecule has 0 aliphatic carbocycles. The molecule has 1 aromatic carbocycles.